The highest BCUT2D eigenvalue weighted by Crippen LogP contribution is 2.27. The number of benzene rings is 1. The zero-order valence-electron chi connectivity index (χ0n) is 9.94. The fraction of sp³-hybridized carbons (Fsp3) is 0.143. The van der Waals surface area contributed by atoms with Gasteiger partial charge in [0.15, 0.2) is 0 Å². The van der Waals surface area contributed by atoms with Gasteiger partial charge >= 0.3 is 0 Å². The lowest BCUT2D eigenvalue weighted by atomic mass is 10.2. The van der Waals surface area contributed by atoms with Crippen molar-refractivity contribution in [3.05, 3.63) is 58.4 Å². The lowest BCUT2D eigenvalue weighted by molar-refractivity contribution is 0.305. The van der Waals surface area contributed by atoms with Gasteiger partial charge in [0.2, 0.25) is 0 Å². The zero-order chi connectivity index (χ0) is 13.7. The summed E-state index contributed by atoms with van der Waals surface area (Å²) in [6.45, 7) is 0.268. The van der Waals surface area contributed by atoms with E-state index in [0.717, 1.165) is 16.5 Å². The van der Waals surface area contributed by atoms with E-state index in [9.17, 15) is 0 Å². The van der Waals surface area contributed by atoms with Crippen molar-refractivity contribution in [1.82, 2.24) is 4.98 Å². The lowest BCUT2D eigenvalue weighted by Crippen LogP contribution is -2.00. The molecular formula is C14H10BrClN2O. The van der Waals surface area contributed by atoms with E-state index in [4.69, 9.17) is 21.6 Å². The molecule has 0 saturated heterocycles. The van der Waals surface area contributed by atoms with Crippen LogP contribution in [0.5, 0.6) is 5.75 Å². The highest BCUT2D eigenvalue weighted by molar-refractivity contribution is 9.08. The van der Waals surface area contributed by atoms with Gasteiger partial charge < -0.3 is 4.74 Å². The van der Waals surface area contributed by atoms with Gasteiger partial charge in [-0.3, -0.25) is 0 Å². The van der Waals surface area contributed by atoms with E-state index in [-0.39, 0.29) is 6.61 Å². The highest BCUT2D eigenvalue weighted by atomic mass is 79.9. The summed E-state index contributed by atoms with van der Waals surface area (Å²) in [6, 6.07) is 11.2. The molecule has 96 valence electrons. The van der Waals surface area contributed by atoms with Crippen LogP contribution in [0.2, 0.25) is 5.02 Å². The smallest absolute Gasteiger partial charge is 0.147 e. The Morgan fingerprint density at radius 1 is 1.37 bits per heavy atom. The third kappa shape index (κ3) is 3.46. The first-order chi connectivity index (χ1) is 9.24. The number of nitrogens with zero attached hydrogens (tertiary/aromatic N) is 2. The first-order valence-corrected chi connectivity index (χ1v) is 7.05. The Morgan fingerprint density at radius 3 is 2.89 bits per heavy atom. The molecule has 3 nitrogen and oxygen atoms in total. The Morgan fingerprint density at radius 2 is 2.21 bits per heavy atom. The third-order valence-electron chi connectivity index (χ3n) is 2.53. The number of rotatable bonds is 4. The minimum Gasteiger partial charge on any atom is -0.487 e. The first kappa shape index (κ1) is 13.9. The lowest BCUT2D eigenvalue weighted by Gasteiger charge is -2.09. The van der Waals surface area contributed by atoms with Crippen LogP contribution in [0.1, 0.15) is 16.8 Å². The van der Waals surface area contributed by atoms with E-state index in [1.165, 1.54) is 0 Å². The average Bonchev–Trinajstić information content (AvgIpc) is 2.46. The van der Waals surface area contributed by atoms with E-state index in [0.29, 0.717) is 16.5 Å². The van der Waals surface area contributed by atoms with E-state index in [1.54, 1.807) is 12.3 Å². The van der Waals surface area contributed by atoms with Gasteiger partial charge in [0.25, 0.3) is 0 Å². The van der Waals surface area contributed by atoms with Crippen LogP contribution in [0.25, 0.3) is 0 Å². The van der Waals surface area contributed by atoms with Crippen LogP contribution in [-0.4, -0.2) is 4.98 Å². The molecule has 0 amide bonds. The molecular weight excluding hydrogens is 328 g/mol. The normalized spacial score (nSPS) is 9.95. The molecule has 0 saturated carbocycles. The van der Waals surface area contributed by atoms with E-state index in [2.05, 4.69) is 20.9 Å². The summed E-state index contributed by atoms with van der Waals surface area (Å²) in [7, 11) is 0. The summed E-state index contributed by atoms with van der Waals surface area (Å²) >= 11 is 9.49. The topological polar surface area (TPSA) is 45.9 Å². The number of hydrogen-bond donors (Lipinski definition) is 0. The zero-order valence-corrected chi connectivity index (χ0v) is 12.3. The summed E-state index contributed by atoms with van der Waals surface area (Å²) in [5.41, 5.74) is 2.19. The second kappa shape index (κ2) is 6.55. The van der Waals surface area contributed by atoms with Gasteiger partial charge in [0, 0.05) is 17.1 Å². The molecule has 1 aromatic carbocycles. The van der Waals surface area contributed by atoms with Gasteiger partial charge in [-0.1, -0.05) is 39.7 Å². The van der Waals surface area contributed by atoms with Crippen molar-refractivity contribution in [2.75, 3.05) is 0 Å². The Kier molecular flexibility index (Phi) is 4.78. The van der Waals surface area contributed by atoms with Crippen LogP contribution in [0.3, 0.4) is 0 Å². The molecule has 1 heterocycles. The Labute approximate surface area is 124 Å². The average molecular weight is 338 g/mol. The number of pyridine rings is 1. The van der Waals surface area contributed by atoms with Crippen LogP contribution in [0.15, 0.2) is 36.5 Å². The molecule has 0 aliphatic heterocycles. The summed E-state index contributed by atoms with van der Waals surface area (Å²) in [4.78, 5) is 3.98. The van der Waals surface area contributed by atoms with Crippen molar-refractivity contribution in [3.8, 4) is 11.8 Å². The second-order valence-electron chi connectivity index (χ2n) is 3.81. The maximum atomic E-state index is 8.94. The fourth-order valence-electron chi connectivity index (χ4n) is 1.56. The molecule has 0 aliphatic carbocycles. The predicted octanol–water partition coefficient (Wildman–Crippen LogP) is 4.08. The summed E-state index contributed by atoms with van der Waals surface area (Å²) in [6.07, 6.45) is 1.58. The monoisotopic (exact) mass is 336 g/mol. The largest absolute Gasteiger partial charge is 0.487 e. The second-order valence-corrected chi connectivity index (χ2v) is 4.78. The summed E-state index contributed by atoms with van der Waals surface area (Å²) in [5, 5.41) is 10.2. The van der Waals surface area contributed by atoms with Gasteiger partial charge in [-0.05, 0) is 23.8 Å². The van der Waals surface area contributed by atoms with Crippen LogP contribution < -0.4 is 4.74 Å². The van der Waals surface area contributed by atoms with Crippen LogP contribution in [-0.2, 0) is 11.9 Å². The van der Waals surface area contributed by atoms with Crippen molar-refractivity contribution < 1.29 is 4.74 Å². The van der Waals surface area contributed by atoms with Crippen molar-refractivity contribution >= 4 is 27.5 Å². The molecule has 0 bridgehead atoms. The van der Waals surface area contributed by atoms with Crippen LogP contribution in [0, 0.1) is 11.3 Å². The predicted molar refractivity (Wildman–Crippen MR) is 77.4 cm³/mol. The molecule has 2 aromatic rings. The molecule has 0 radical (unpaired) electrons. The number of halogens is 2. The van der Waals surface area contributed by atoms with Crippen molar-refractivity contribution in [2.45, 2.75) is 11.9 Å². The Bertz CT molecular complexity index is 625. The molecule has 5 heteroatoms. The molecule has 0 atom stereocenters. The minimum atomic E-state index is 0.268. The number of aromatic nitrogens is 1. The van der Waals surface area contributed by atoms with Crippen molar-refractivity contribution in [2.24, 2.45) is 0 Å². The van der Waals surface area contributed by atoms with Crippen LogP contribution in [0.4, 0.5) is 0 Å². The molecule has 0 aliphatic rings. The molecule has 2 rings (SSSR count). The van der Waals surface area contributed by atoms with Gasteiger partial charge in [0.05, 0.1) is 5.02 Å². The summed E-state index contributed by atoms with van der Waals surface area (Å²) in [5.74, 6) is 0.596. The van der Waals surface area contributed by atoms with Crippen molar-refractivity contribution in [3.63, 3.8) is 0 Å². The highest BCUT2D eigenvalue weighted by Gasteiger charge is 2.06. The van der Waals surface area contributed by atoms with Gasteiger partial charge in [0.1, 0.15) is 24.1 Å². The quantitative estimate of drug-likeness (QED) is 0.790. The van der Waals surface area contributed by atoms with Crippen molar-refractivity contribution in [1.29, 1.82) is 5.26 Å². The van der Waals surface area contributed by atoms with E-state index < -0.39 is 0 Å². The van der Waals surface area contributed by atoms with Gasteiger partial charge in [-0.15, -0.1) is 0 Å². The third-order valence-corrected chi connectivity index (χ3v) is 3.47. The maximum absolute atomic E-state index is 8.94. The van der Waals surface area contributed by atoms with E-state index >= 15 is 0 Å². The Balaban J connectivity index is 2.13. The number of ether oxygens (including phenoxy) is 1. The molecule has 0 fully saturated rings. The molecule has 0 spiro atoms. The number of hydrogen-bond acceptors (Lipinski definition) is 3. The summed E-state index contributed by atoms with van der Waals surface area (Å²) < 4.78 is 5.63. The molecule has 0 unspecified atom stereocenters. The molecule has 1 aromatic heterocycles. The van der Waals surface area contributed by atoms with Crippen LogP contribution >= 0.6 is 27.5 Å². The number of alkyl halides is 1. The molecule has 0 N–H and O–H groups in total. The minimum absolute atomic E-state index is 0.268. The fourth-order valence-corrected chi connectivity index (χ4v) is 2.16. The van der Waals surface area contributed by atoms with Gasteiger partial charge in [-0.2, -0.15) is 5.26 Å². The number of nitriles is 1. The Hall–Kier alpha value is -1.57. The first-order valence-electron chi connectivity index (χ1n) is 5.55. The molecule has 19 heavy (non-hydrogen) atoms. The SMILES string of the molecule is N#Cc1ncccc1COc1ccc(CBr)cc1Cl. The van der Waals surface area contributed by atoms with Gasteiger partial charge in [-0.25, -0.2) is 4.98 Å². The van der Waals surface area contributed by atoms with E-state index in [1.807, 2.05) is 30.3 Å². The maximum Gasteiger partial charge on any atom is 0.147 e. The standard InChI is InChI=1S/C14H10BrClN2O/c15-7-10-3-4-14(12(16)6-10)19-9-11-2-1-5-18-13(11)8-17/h1-6H,7,9H2.